The summed E-state index contributed by atoms with van der Waals surface area (Å²) >= 11 is 8.00. The normalized spacial score (nSPS) is 15.3. The first-order valence-corrected chi connectivity index (χ1v) is 9.75. The number of hydrogen-bond donors (Lipinski definition) is 1. The van der Waals surface area contributed by atoms with Gasteiger partial charge in [0.05, 0.1) is 11.6 Å². The number of halogens is 1. The van der Waals surface area contributed by atoms with E-state index in [1.807, 2.05) is 29.7 Å². The van der Waals surface area contributed by atoms with Crippen molar-refractivity contribution in [1.29, 1.82) is 0 Å². The third kappa shape index (κ3) is 3.90. The average Bonchev–Trinajstić information content (AvgIpc) is 3.33. The summed E-state index contributed by atoms with van der Waals surface area (Å²) in [6.07, 6.45) is 4.50. The number of amides is 1. The summed E-state index contributed by atoms with van der Waals surface area (Å²) in [4.78, 5) is 17.5. The number of carbonyl (C=O) groups is 1. The number of aliphatic imine (C=N–C) groups is 1. The Morgan fingerprint density at radius 1 is 1.44 bits per heavy atom. The summed E-state index contributed by atoms with van der Waals surface area (Å²) in [6, 6.07) is 7.58. The monoisotopic (exact) mass is 400 g/mol. The second-order valence-corrected chi connectivity index (χ2v) is 8.05. The van der Waals surface area contributed by atoms with E-state index in [0.717, 1.165) is 52.2 Å². The molecule has 1 heterocycles. The number of thiophene rings is 1. The Morgan fingerprint density at radius 2 is 2.19 bits per heavy atom. The molecule has 140 valence electrons. The van der Waals surface area contributed by atoms with E-state index in [9.17, 15) is 9.90 Å². The van der Waals surface area contributed by atoms with E-state index in [-0.39, 0.29) is 12.0 Å². The highest BCUT2D eigenvalue weighted by atomic mass is 35.5. The smallest absolute Gasteiger partial charge is 0.213 e. The predicted octanol–water partition coefficient (Wildman–Crippen LogP) is 5.03. The Balaban J connectivity index is 1.85. The van der Waals surface area contributed by atoms with Crippen LogP contribution in [-0.4, -0.2) is 31.9 Å². The number of benzene rings is 1. The first-order valence-electron chi connectivity index (χ1n) is 8.50. The molecule has 1 aliphatic carbocycles. The van der Waals surface area contributed by atoms with Crippen molar-refractivity contribution in [2.24, 2.45) is 10.4 Å². The van der Waals surface area contributed by atoms with E-state index in [2.05, 4.69) is 18.3 Å². The van der Waals surface area contributed by atoms with Crippen molar-refractivity contribution in [3.05, 3.63) is 58.6 Å². The van der Waals surface area contributed by atoms with Crippen LogP contribution in [0.25, 0.3) is 16.0 Å². The maximum Gasteiger partial charge on any atom is 0.213 e. The molecule has 0 radical (unpaired) electrons. The number of hydrogen-bond acceptors (Lipinski definition) is 4. The maximum atomic E-state index is 10.9. The summed E-state index contributed by atoms with van der Waals surface area (Å²) in [5.74, 6) is 0. The Labute approximate surface area is 168 Å². The molecule has 4 nitrogen and oxygen atoms in total. The van der Waals surface area contributed by atoms with Gasteiger partial charge in [-0.2, -0.15) is 0 Å². The highest BCUT2D eigenvalue weighted by Gasteiger charge is 2.45. The number of nitrogens with zero attached hydrogens (tertiary/aromatic N) is 2. The summed E-state index contributed by atoms with van der Waals surface area (Å²) in [5.41, 5.74) is 4.00. The van der Waals surface area contributed by atoms with Gasteiger partial charge in [-0.05, 0) is 66.4 Å². The molecule has 0 bridgehead atoms. The van der Waals surface area contributed by atoms with Crippen molar-refractivity contribution in [2.75, 3.05) is 18.6 Å². The quantitative estimate of drug-likeness (QED) is 0.383. The second kappa shape index (κ2) is 7.80. The molecule has 27 heavy (non-hydrogen) atoms. The molecule has 1 aromatic heterocycles. The Morgan fingerprint density at radius 3 is 2.74 bits per heavy atom. The summed E-state index contributed by atoms with van der Waals surface area (Å²) in [7, 11) is 1.68. The first-order chi connectivity index (χ1) is 12.9. The van der Waals surface area contributed by atoms with Gasteiger partial charge in [0, 0.05) is 34.3 Å². The fraction of sp³-hybridized carbons (Fsp3) is 0.238. The average molecular weight is 401 g/mol. The van der Waals surface area contributed by atoms with Gasteiger partial charge in [0.1, 0.15) is 0 Å². The number of aliphatic hydroxyl groups excluding tert-OH is 1. The predicted molar refractivity (Wildman–Crippen MR) is 115 cm³/mol. The lowest BCUT2D eigenvalue weighted by atomic mass is 10.00. The van der Waals surface area contributed by atoms with Gasteiger partial charge in [-0.1, -0.05) is 18.2 Å². The zero-order valence-corrected chi connectivity index (χ0v) is 16.7. The molecule has 0 aliphatic heterocycles. The molecule has 0 spiro atoms. The van der Waals surface area contributed by atoms with Crippen LogP contribution in [0.3, 0.4) is 0 Å². The summed E-state index contributed by atoms with van der Waals surface area (Å²) in [6.45, 7) is 7.87. The van der Waals surface area contributed by atoms with E-state index in [1.165, 1.54) is 4.90 Å². The van der Waals surface area contributed by atoms with Crippen molar-refractivity contribution in [3.63, 3.8) is 0 Å². The van der Waals surface area contributed by atoms with Crippen LogP contribution in [0, 0.1) is 5.41 Å². The summed E-state index contributed by atoms with van der Waals surface area (Å²) in [5, 5.41) is 12.2. The molecule has 1 amide bonds. The highest BCUT2D eigenvalue weighted by Crippen LogP contribution is 2.52. The van der Waals surface area contributed by atoms with Crippen molar-refractivity contribution in [3.8, 4) is 10.4 Å². The van der Waals surface area contributed by atoms with E-state index in [0.29, 0.717) is 5.02 Å². The van der Waals surface area contributed by atoms with Crippen LogP contribution >= 0.6 is 22.9 Å². The molecule has 0 atom stereocenters. The zero-order chi connectivity index (χ0) is 19.6. The maximum absolute atomic E-state index is 10.9. The van der Waals surface area contributed by atoms with Crippen LogP contribution in [0.4, 0.5) is 5.69 Å². The van der Waals surface area contributed by atoms with Gasteiger partial charge in [-0.3, -0.25) is 9.79 Å². The number of allylic oxidation sites excluding steroid dienone is 2. The van der Waals surface area contributed by atoms with Gasteiger partial charge in [0.15, 0.2) is 0 Å². The van der Waals surface area contributed by atoms with Gasteiger partial charge in [0.2, 0.25) is 6.41 Å². The van der Waals surface area contributed by atoms with Crippen LogP contribution in [0.2, 0.25) is 5.02 Å². The van der Waals surface area contributed by atoms with Crippen LogP contribution in [0.5, 0.6) is 0 Å². The number of aliphatic hydroxyl groups is 1. The second-order valence-electron chi connectivity index (χ2n) is 6.73. The lowest BCUT2D eigenvalue weighted by molar-refractivity contribution is -0.107. The Hall–Kier alpha value is -2.21. The molecule has 0 saturated heterocycles. The fourth-order valence-corrected chi connectivity index (χ4v) is 4.20. The van der Waals surface area contributed by atoms with Crippen molar-refractivity contribution in [2.45, 2.75) is 12.8 Å². The van der Waals surface area contributed by atoms with E-state index in [4.69, 9.17) is 11.6 Å². The minimum atomic E-state index is -0.243. The Kier molecular flexibility index (Phi) is 5.65. The Bertz CT molecular complexity index is 928. The van der Waals surface area contributed by atoms with Gasteiger partial charge in [-0.15, -0.1) is 11.3 Å². The highest BCUT2D eigenvalue weighted by molar-refractivity contribution is 7.13. The van der Waals surface area contributed by atoms with Gasteiger partial charge < -0.3 is 10.0 Å². The molecule has 1 N–H and O–H groups in total. The van der Waals surface area contributed by atoms with Crippen molar-refractivity contribution >= 4 is 47.3 Å². The minimum absolute atomic E-state index is 0.0806. The van der Waals surface area contributed by atoms with E-state index >= 15 is 0 Å². The SMILES string of the molecule is C=N/C(=C\C(=C)c1csc(-c2ccc(N(C)C=O)cc2Cl)c1)C1(CO)CC1. The molecule has 1 aliphatic rings. The largest absolute Gasteiger partial charge is 0.395 e. The molecule has 3 rings (SSSR count). The molecule has 0 unspecified atom stereocenters. The molecule has 1 saturated carbocycles. The first kappa shape index (κ1) is 19.5. The van der Waals surface area contributed by atoms with Crippen LogP contribution in [0.1, 0.15) is 18.4 Å². The molecule has 6 heteroatoms. The molecular formula is C21H21ClN2O2S. The van der Waals surface area contributed by atoms with Crippen LogP contribution < -0.4 is 4.90 Å². The third-order valence-corrected chi connectivity index (χ3v) is 6.21. The van der Waals surface area contributed by atoms with Crippen molar-refractivity contribution in [1.82, 2.24) is 0 Å². The lowest BCUT2D eigenvalue weighted by Gasteiger charge is -2.12. The number of anilines is 1. The van der Waals surface area contributed by atoms with Gasteiger partial charge in [-0.25, -0.2) is 0 Å². The van der Waals surface area contributed by atoms with Gasteiger partial charge in [0.25, 0.3) is 0 Å². The lowest BCUT2D eigenvalue weighted by Crippen LogP contribution is -2.13. The number of carbonyl (C=O) groups excluding carboxylic acids is 1. The van der Waals surface area contributed by atoms with E-state index in [1.54, 1.807) is 24.5 Å². The topological polar surface area (TPSA) is 52.9 Å². The molecular weight excluding hydrogens is 380 g/mol. The molecule has 1 aromatic carbocycles. The molecule has 1 fully saturated rings. The minimum Gasteiger partial charge on any atom is -0.395 e. The molecule has 2 aromatic rings. The van der Waals surface area contributed by atoms with Gasteiger partial charge >= 0.3 is 0 Å². The number of rotatable bonds is 8. The standard InChI is InChI=1S/C21H21ClN2O2S/c1-14(8-20(23-2)21(12-25)6-7-21)15-9-19(27-11-15)17-5-4-16(10-18(17)22)24(3)13-26/h4-5,8-11,13,25H,1-2,6-7,12H2,3H3/b20-8-. The zero-order valence-electron chi connectivity index (χ0n) is 15.1. The van der Waals surface area contributed by atoms with E-state index < -0.39 is 0 Å². The van der Waals surface area contributed by atoms with Crippen LogP contribution in [0.15, 0.2) is 53.0 Å². The van der Waals surface area contributed by atoms with Crippen LogP contribution in [-0.2, 0) is 4.79 Å². The fourth-order valence-electron chi connectivity index (χ4n) is 2.89. The third-order valence-electron chi connectivity index (χ3n) is 4.93. The van der Waals surface area contributed by atoms with Crippen molar-refractivity contribution < 1.29 is 9.90 Å². The summed E-state index contributed by atoms with van der Waals surface area (Å²) < 4.78 is 0.